The molecule has 0 fully saturated rings. The second kappa shape index (κ2) is 5.66. The Hall–Kier alpha value is -1.16. The van der Waals surface area contributed by atoms with Gasteiger partial charge in [-0.05, 0) is 43.3 Å². The van der Waals surface area contributed by atoms with Crippen molar-refractivity contribution in [3.05, 3.63) is 29.8 Å². The first-order valence-electron chi connectivity index (χ1n) is 4.84. The zero-order valence-corrected chi connectivity index (χ0v) is 9.88. The van der Waals surface area contributed by atoms with Crippen molar-refractivity contribution in [1.82, 2.24) is 0 Å². The molecule has 0 radical (unpaired) electrons. The van der Waals surface area contributed by atoms with Crippen LogP contribution in [0.5, 0.6) is 5.75 Å². The van der Waals surface area contributed by atoms with Gasteiger partial charge in [0.25, 0.3) is 5.17 Å². The fraction of sp³-hybridized carbons (Fsp3) is 0.364. The van der Waals surface area contributed by atoms with E-state index in [9.17, 15) is 0 Å². The van der Waals surface area contributed by atoms with Crippen LogP contribution in [0.25, 0.3) is 0 Å². The van der Waals surface area contributed by atoms with Gasteiger partial charge in [0.1, 0.15) is 5.75 Å². The highest BCUT2D eigenvalue weighted by atomic mass is 32.2. The summed E-state index contributed by atoms with van der Waals surface area (Å²) in [6.07, 6.45) is 0.207. The van der Waals surface area contributed by atoms with Crippen molar-refractivity contribution in [2.45, 2.75) is 25.7 Å². The van der Waals surface area contributed by atoms with E-state index in [1.54, 1.807) is 0 Å². The molecule has 0 heterocycles. The minimum atomic E-state index is 0.207. The molecule has 0 aliphatic rings. The van der Waals surface area contributed by atoms with Crippen LogP contribution < -0.4 is 15.9 Å². The van der Waals surface area contributed by atoms with E-state index in [0.29, 0.717) is 5.17 Å². The van der Waals surface area contributed by atoms with Crippen LogP contribution in [0.15, 0.2) is 24.3 Å². The Bertz CT molecular complexity index is 322. The molecular formula is C11H17N2OS+. The Labute approximate surface area is 94.5 Å². The van der Waals surface area contributed by atoms with E-state index in [1.807, 2.05) is 38.1 Å². The van der Waals surface area contributed by atoms with Gasteiger partial charge in [0.2, 0.25) is 0 Å². The van der Waals surface area contributed by atoms with E-state index < -0.39 is 0 Å². The lowest BCUT2D eigenvalue weighted by atomic mass is 10.2. The first-order chi connectivity index (χ1) is 7.08. The van der Waals surface area contributed by atoms with Gasteiger partial charge in [-0.1, -0.05) is 12.1 Å². The summed E-state index contributed by atoms with van der Waals surface area (Å²) < 4.78 is 5.53. The number of thioether (sulfide) groups is 1. The van der Waals surface area contributed by atoms with E-state index in [0.717, 1.165) is 11.5 Å². The zero-order chi connectivity index (χ0) is 11.3. The minimum Gasteiger partial charge on any atom is -0.491 e. The van der Waals surface area contributed by atoms with Gasteiger partial charge in [-0.2, -0.15) is 0 Å². The summed E-state index contributed by atoms with van der Waals surface area (Å²) in [5.74, 6) is 1.69. The molecule has 0 atom stereocenters. The van der Waals surface area contributed by atoms with Crippen LogP contribution >= 0.6 is 11.8 Å². The van der Waals surface area contributed by atoms with Crippen LogP contribution in [0.2, 0.25) is 0 Å². The second-order valence-corrected chi connectivity index (χ2v) is 4.55. The molecule has 0 unspecified atom stereocenters. The lowest BCUT2D eigenvalue weighted by Gasteiger charge is -2.09. The number of nitrogens with two attached hydrogens (primary N) is 2. The third kappa shape index (κ3) is 4.74. The number of amidine groups is 1. The smallest absolute Gasteiger partial charge is 0.300 e. The molecule has 0 aliphatic carbocycles. The quantitative estimate of drug-likeness (QED) is 0.588. The fourth-order valence-corrected chi connectivity index (χ4v) is 1.63. The van der Waals surface area contributed by atoms with Gasteiger partial charge >= 0.3 is 0 Å². The maximum atomic E-state index is 5.53. The van der Waals surface area contributed by atoms with E-state index in [-0.39, 0.29) is 6.10 Å². The van der Waals surface area contributed by atoms with Gasteiger partial charge in [0, 0.05) is 5.75 Å². The van der Waals surface area contributed by atoms with E-state index in [2.05, 4.69) is 0 Å². The molecule has 82 valence electrons. The van der Waals surface area contributed by atoms with Gasteiger partial charge in [-0.3, -0.25) is 11.1 Å². The van der Waals surface area contributed by atoms with Gasteiger partial charge in [-0.25, -0.2) is 0 Å². The fourth-order valence-electron chi connectivity index (χ4n) is 1.10. The molecule has 4 N–H and O–H groups in total. The number of hydrogen-bond donors (Lipinski definition) is 2. The molecule has 0 saturated carbocycles. The Morgan fingerprint density at radius 3 is 2.47 bits per heavy atom. The molecule has 0 aliphatic heterocycles. The lowest BCUT2D eigenvalue weighted by molar-refractivity contribution is -0.110. The maximum absolute atomic E-state index is 5.53. The van der Waals surface area contributed by atoms with Crippen LogP contribution in [0, 0.1) is 0 Å². The lowest BCUT2D eigenvalue weighted by Crippen LogP contribution is -2.43. The summed E-state index contributed by atoms with van der Waals surface area (Å²) in [5.41, 5.74) is 6.55. The van der Waals surface area contributed by atoms with Crippen LogP contribution in [0.1, 0.15) is 19.4 Å². The van der Waals surface area contributed by atoms with Crippen LogP contribution in [-0.4, -0.2) is 11.3 Å². The van der Waals surface area contributed by atoms with E-state index in [4.69, 9.17) is 15.9 Å². The molecule has 1 aromatic rings. The zero-order valence-electron chi connectivity index (χ0n) is 9.07. The summed E-state index contributed by atoms with van der Waals surface area (Å²) in [5, 5.41) is 5.77. The highest BCUT2D eigenvalue weighted by Crippen LogP contribution is 2.17. The monoisotopic (exact) mass is 225 g/mol. The molecule has 0 aromatic heterocycles. The maximum Gasteiger partial charge on any atom is 0.300 e. The van der Waals surface area contributed by atoms with Crippen molar-refractivity contribution < 1.29 is 10.1 Å². The van der Waals surface area contributed by atoms with Gasteiger partial charge in [-0.15, -0.1) is 0 Å². The summed E-state index contributed by atoms with van der Waals surface area (Å²) in [7, 11) is 0. The summed E-state index contributed by atoms with van der Waals surface area (Å²) in [6, 6.07) is 7.96. The molecule has 0 bridgehead atoms. The predicted molar refractivity (Wildman–Crippen MR) is 64.6 cm³/mol. The molecule has 0 amide bonds. The summed E-state index contributed by atoms with van der Waals surface area (Å²) in [6.45, 7) is 4.02. The summed E-state index contributed by atoms with van der Waals surface area (Å²) in [4.78, 5) is 0. The van der Waals surface area contributed by atoms with Crippen molar-refractivity contribution >= 4 is 16.9 Å². The molecule has 15 heavy (non-hydrogen) atoms. The molecule has 1 aromatic carbocycles. The molecule has 4 heteroatoms. The first-order valence-corrected chi connectivity index (χ1v) is 5.83. The largest absolute Gasteiger partial charge is 0.491 e. The first kappa shape index (κ1) is 11.9. The molecule has 1 rings (SSSR count). The third-order valence-corrected chi connectivity index (χ3v) is 2.51. The van der Waals surface area contributed by atoms with Crippen molar-refractivity contribution in [3.63, 3.8) is 0 Å². The van der Waals surface area contributed by atoms with Crippen molar-refractivity contribution in [1.29, 1.82) is 0 Å². The topological polar surface area (TPSA) is 60.8 Å². The van der Waals surface area contributed by atoms with Crippen molar-refractivity contribution in [2.24, 2.45) is 5.73 Å². The number of hydrogen-bond acceptors (Lipinski definition) is 2. The van der Waals surface area contributed by atoms with Gasteiger partial charge < -0.3 is 4.74 Å². The number of ether oxygens (including phenoxy) is 1. The minimum absolute atomic E-state index is 0.207. The van der Waals surface area contributed by atoms with Crippen molar-refractivity contribution in [3.8, 4) is 5.75 Å². The highest BCUT2D eigenvalue weighted by Gasteiger charge is 2.00. The number of benzene rings is 1. The average molecular weight is 225 g/mol. The van der Waals surface area contributed by atoms with E-state index >= 15 is 0 Å². The normalized spacial score (nSPS) is 10.3. The molecule has 0 spiro atoms. The second-order valence-electron chi connectivity index (χ2n) is 3.50. The molecule has 0 saturated heterocycles. The van der Waals surface area contributed by atoms with Crippen LogP contribution in [0.4, 0.5) is 0 Å². The molecular weight excluding hydrogens is 208 g/mol. The Balaban J connectivity index is 2.52. The Morgan fingerprint density at radius 1 is 1.40 bits per heavy atom. The Morgan fingerprint density at radius 2 is 2.00 bits per heavy atom. The summed E-state index contributed by atoms with van der Waals surface area (Å²) >= 11 is 1.44. The Kier molecular flexibility index (Phi) is 4.49. The standard InChI is InChI=1S/C11H16N2OS/c1-8(2)14-10-5-3-9(4-6-10)7-15-11(12)13/h3-6,8H,7H2,1-2H3,(H3,12,13)/p+1. The van der Waals surface area contributed by atoms with Crippen LogP contribution in [0.3, 0.4) is 0 Å². The van der Waals surface area contributed by atoms with Crippen molar-refractivity contribution in [2.75, 3.05) is 0 Å². The highest BCUT2D eigenvalue weighted by molar-refractivity contribution is 8.12. The van der Waals surface area contributed by atoms with Gasteiger partial charge in [0.15, 0.2) is 0 Å². The third-order valence-electron chi connectivity index (χ3n) is 1.70. The van der Waals surface area contributed by atoms with E-state index in [1.165, 1.54) is 17.3 Å². The van der Waals surface area contributed by atoms with Gasteiger partial charge in [0.05, 0.1) is 6.10 Å². The van der Waals surface area contributed by atoms with Crippen LogP contribution in [-0.2, 0) is 5.75 Å². The SMILES string of the molecule is CC(C)Oc1ccc(CSC(N)=[NH2+])cc1. The average Bonchev–Trinajstić information content (AvgIpc) is 2.16. The number of rotatable bonds is 4. The predicted octanol–water partition coefficient (Wildman–Crippen LogP) is 0.781. The molecule has 3 nitrogen and oxygen atoms in total.